The van der Waals surface area contributed by atoms with E-state index in [1.807, 2.05) is 6.92 Å². The molecule has 6 heteroatoms. The molecule has 0 heterocycles. The van der Waals surface area contributed by atoms with Gasteiger partial charge in [-0.05, 0) is 24.8 Å². The molecule has 0 spiro atoms. The van der Waals surface area contributed by atoms with E-state index in [4.69, 9.17) is 5.11 Å². The lowest BCUT2D eigenvalue weighted by Gasteiger charge is -2.41. The van der Waals surface area contributed by atoms with E-state index in [0.717, 1.165) is 38.8 Å². The van der Waals surface area contributed by atoms with Gasteiger partial charge in [0.05, 0.1) is 13.2 Å². The van der Waals surface area contributed by atoms with Crippen LogP contribution in [0.25, 0.3) is 0 Å². The highest BCUT2D eigenvalue weighted by atomic mass is 19.4. The molecular weight excluding hydrogens is 269 g/mol. The van der Waals surface area contributed by atoms with Crippen molar-refractivity contribution >= 4 is 0 Å². The van der Waals surface area contributed by atoms with Gasteiger partial charge in [0.15, 0.2) is 0 Å². The predicted octanol–water partition coefficient (Wildman–Crippen LogP) is 2.40. The van der Waals surface area contributed by atoms with E-state index in [2.05, 4.69) is 5.32 Å². The summed E-state index contributed by atoms with van der Waals surface area (Å²) in [5.74, 6) is 0. The summed E-state index contributed by atoms with van der Waals surface area (Å²) in [5.41, 5.74) is -0.0747. The second-order valence-electron chi connectivity index (χ2n) is 5.89. The van der Waals surface area contributed by atoms with E-state index < -0.39 is 12.7 Å². The topological polar surface area (TPSA) is 35.5 Å². The molecule has 1 aliphatic rings. The van der Waals surface area contributed by atoms with Gasteiger partial charge in [-0.1, -0.05) is 26.2 Å². The van der Waals surface area contributed by atoms with Crippen molar-refractivity contribution in [3.63, 3.8) is 0 Å². The van der Waals surface area contributed by atoms with Crippen LogP contribution in [0.2, 0.25) is 0 Å². The highest BCUT2D eigenvalue weighted by molar-refractivity contribution is 4.88. The number of nitrogens with zero attached hydrogens (tertiary/aromatic N) is 1. The molecule has 120 valence electrons. The van der Waals surface area contributed by atoms with Crippen molar-refractivity contribution in [1.82, 2.24) is 10.2 Å². The molecule has 0 aromatic carbocycles. The lowest BCUT2D eigenvalue weighted by Crippen LogP contribution is -2.48. The molecule has 0 atom stereocenters. The van der Waals surface area contributed by atoms with E-state index >= 15 is 0 Å². The molecule has 0 aromatic heterocycles. The fourth-order valence-corrected chi connectivity index (χ4v) is 3.17. The fourth-order valence-electron chi connectivity index (χ4n) is 3.17. The Balaban J connectivity index is 2.67. The van der Waals surface area contributed by atoms with Crippen LogP contribution in [0.4, 0.5) is 13.2 Å². The molecule has 0 aromatic rings. The Bertz CT molecular complexity index is 266. The molecule has 20 heavy (non-hydrogen) atoms. The smallest absolute Gasteiger partial charge is 0.395 e. The van der Waals surface area contributed by atoms with Gasteiger partial charge in [-0.2, -0.15) is 13.2 Å². The molecule has 2 N–H and O–H groups in total. The standard InChI is InChI=1S/C14H27F3N2O/c1-2-18-10-13(6-4-3-5-7-13)11-19(8-9-20)12-14(15,16)17/h18,20H,2-12H2,1H3. The minimum atomic E-state index is -4.21. The van der Waals surface area contributed by atoms with Crippen LogP contribution in [0.15, 0.2) is 0 Å². The number of alkyl halides is 3. The average Bonchev–Trinajstić information content (AvgIpc) is 2.36. The number of rotatable bonds is 8. The summed E-state index contributed by atoms with van der Waals surface area (Å²) in [6.07, 6.45) is 1.09. The van der Waals surface area contributed by atoms with Crippen LogP contribution in [0.1, 0.15) is 39.0 Å². The van der Waals surface area contributed by atoms with Gasteiger partial charge in [0.1, 0.15) is 0 Å². The minimum absolute atomic E-state index is 0.0747. The largest absolute Gasteiger partial charge is 0.401 e. The lowest BCUT2D eigenvalue weighted by molar-refractivity contribution is -0.150. The Morgan fingerprint density at radius 3 is 2.35 bits per heavy atom. The van der Waals surface area contributed by atoms with Gasteiger partial charge in [-0.25, -0.2) is 0 Å². The molecule has 0 aliphatic heterocycles. The normalized spacial score (nSPS) is 19.5. The number of aliphatic hydroxyl groups is 1. The van der Waals surface area contributed by atoms with Crippen LogP contribution in [0, 0.1) is 5.41 Å². The third kappa shape index (κ3) is 6.41. The van der Waals surface area contributed by atoms with Gasteiger partial charge in [-0.15, -0.1) is 0 Å². The highest BCUT2D eigenvalue weighted by Gasteiger charge is 2.37. The summed E-state index contributed by atoms with van der Waals surface area (Å²) in [6, 6.07) is 0. The fraction of sp³-hybridized carbons (Fsp3) is 1.00. The van der Waals surface area contributed by atoms with Crippen molar-refractivity contribution < 1.29 is 18.3 Å². The van der Waals surface area contributed by atoms with Crippen LogP contribution < -0.4 is 5.32 Å². The van der Waals surface area contributed by atoms with Crippen molar-refractivity contribution in [3.05, 3.63) is 0 Å². The van der Waals surface area contributed by atoms with Crippen LogP contribution in [0.3, 0.4) is 0 Å². The molecule has 1 aliphatic carbocycles. The SMILES string of the molecule is CCNCC1(CN(CCO)CC(F)(F)F)CCCCC1. The summed E-state index contributed by atoms with van der Waals surface area (Å²) < 4.78 is 37.9. The maximum Gasteiger partial charge on any atom is 0.401 e. The zero-order valence-corrected chi connectivity index (χ0v) is 12.3. The molecule has 0 saturated heterocycles. The minimum Gasteiger partial charge on any atom is -0.395 e. The molecule has 1 rings (SSSR count). The van der Waals surface area contributed by atoms with Gasteiger partial charge in [0.25, 0.3) is 0 Å². The van der Waals surface area contributed by atoms with E-state index in [1.54, 1.807) is 0 Å². The van der Waals surface area contributed by atoms with Crippen molar-refractivity contribution in [1.29, 1.82) is 0 Å². The van der Waals surface area contributed by atoms with Crippen molar-refractivity contribution in [2.75, 3.05) is 39.3 Å². The molecule has 1 fully saturated rings. The van der Waals surface area contributed by atoms with Gasteiger partial charge < -0.3 is 10.4 Å². The van der Waals surface area contributed by atoms with Crippen molar-refractivity contribution in [3.8, 4) is 0 Å². The maximum absolute atomic E-state index is 12.6. The molecular formula is C14H27F3N2O. The number of hydrogen-bond acceptors (Lipinski definition) is 3. The highest BCUT2D eigenvalue weighted by Crippen LogP contribution is 2.37. The van der Waals surface area contributed by atoms with E-state index in [-0.39, 0.29) is 18.6 Å². The summed E-state index contributed by atoms with van der Waals surface area (Å²) in [5, 5.41) is 12.3. The monoisotopic (exact) mass is 296 g/mol. The third-order valence-electron chi connectivity index (χ3n) is 4.04. The first kappa shape index (κ1) is 17.7. The van der Waals surface area contributed by atoms with Gasteiger partial charge >= 0.3 is 6.18 Å². The van der Waals surface area contributed by atoms with Crippen molar-refractivity contribution in [2.24, 2.45) is 5.41 Å². The summed E-state index contributed by atoms with van der Waals surface area (Å²) in [4.78, 5) is 1.36. The number of hydrogen-bond donors (Lipinski definition) is 2. The van der Waals surface area contributed by atoms with Gasteiger partial charge in [0, 0.05) is 19.6 Å². The molecule has 0 radical (unpaired) electrons. The first-order valence-electron chi connectivity index (χ1n) is 7.51. The van der Waals surface area contributed by atoms with Gasteiger partial charge in [0.2, 0.25) is 0 Å². The number of nitrogens with one attached hydrogen (secondary N) is 1. The Morgan fingerprint density at radius 1 is 1.20 bits per heavy atom. The van der Waals surface area contributed by atoms with Crippen LogP contribution in [0.5, 0.6) is 0 Å². The van der Waals surface area contributed by atoms with Crippen LogP contribution in [-0.2, 0) is 0 Å². The summed E-state index contributed by atoms with van der Waals surface area (Å²) in [7, 11) is 0. The number of aliphatic hydroxyl groups excluding tert-OH is 1. The maximum atomic E-state index is 12.6. The lowest BCUT2D eigenvalue weighted by atomic mass is 9.73. The first-order valence-corrected chi connectivity index (χ1v) is 7.51. The first-order chi connectivity index (χ1) is 9.41. The van der Waals surface area contributed by atoms with Gasteiger partial charge in [-0.3, -0.25) is 4.90 Å². The summed E-state index contributed by atoms with van der Waals surface area (Å²) >= 11 is 0. The molecule has 0 bridgehead atoms. The molecule has 0 unspecified atom stereocenters. The van der Waals surface area contributed by atoms with Crippen molar-refractivity contribution in [2.45, 2.75) is 45.2 Å². The zero-order valence-electron chi connectivity index (χ0n) is 12.3. The second-order valence-corrected chi connectivity index (χ2v) is 5.89. The van der Waals surface area contributed by atoms with E-state index in [0.29, 0.717) is 6.54 Å². The quantitative estimate of drug-likeness (QED) is 0.722. The molecule has 1 saturated carbocycles. The van der Waals surface area contributed by atoms with Crippen LogP contribution in [-0.4, -0.2) is 55.5 Å². The Morgan fingerprint density at radius 2 is 1.85 bits per heavy atom. The zero-order chi connectivity index (χ0) is 15.1. The third-order valence-corrected chi connectivity index (χ3v) is 4.04. The Hall–Kier alpha value is -0.330. The Labute approximate surface area is 119 Å². The number of halogens is 3. The summed E-state index contributed by atoms with van der Waals surface area (Å²) in [6.45, 7) is 2.96. The second kappa shape index (κ2) is 8.20. The average molecular weight is 296 g/mol. The molecule has 3 nitrogen and oxygen atoms in total. The van der Waals surface area contributed by atoms with E-state index in [9.17, 15) is 13.2 Å². The Kier molecular flexibility index (Phi) is 7.26. The van der Waals surface area contributed by atoms with Crippen LogP contribution >= 0.6 is 0 Å². The van der Waals surface area contributed by atoms with E-state index in [1.165, 1.54) is 11.3 Å². The predicted molar refractivity (Wildman–Crippen MR) is 73.6 cm³/mol. The molecule has 0 amide bonds.